The number of aliphatic hydroxyl groups is 1. The average Bonchev–Trinajstić information content (AvgIpc) is 2.54. The monoisotopic (exact) mass is 315 g/mol. The molecule has 0 saturated carbocycles. The van der Waals surface area contributed by atoms with Crippen LogP contribution in [0.5, 0.6) is 0 Å². The zero-order chi connectivity index (χ0) is 15.7. The fraction of sp³-hybridized carbons (Fsp3) is 0.0667. The quantitative estimate of drug-likeness (QED) is 0.827. The molecular formula is C15H13N3O3S. The Bertz CT molecular complexity index is 749. The minimum atomic E-state index is -1.56. The molecule has 1 aromatic heterocycles. The Morgan fingerprint density at radius 3 is 2.73 bits per heavy atom. The first-order valence-corrected chi connectivity index (χ1v) is 7.61. The molecule has 6 nitrogen and oxygen atoms in total. The van der Waals surface area contributed by atoms with Crippen molar-refractivity contribution in [1.29, 1.82) is 0 Å². The zero-order valence-corrected chi connectivity index (χ0v) is 12.5. The van der Waals surface area contributed by atoms with E-state index in [1.807, 2.05) is 0 Å². The first-order valence-electron chi connectivity index (χ1n) is 6.50. The maximum Gasteiger partial charge on any atom is 0.281 e. The Balaban J connectivity index is 2.00. The van der Waals surface area contributed by atoms with Crippen LogP contribution in [0.15, 0.2) is 59.3 Å². The number of aromatic nitrogens is 1. The largest absolute Gasteiger partial charge is 0.588 e. The molecule has 1 amide bonds. The molecular weight excluding hydrogens is 302 g/mol. The van der Waals surface area contributed by atoms with Crippen LogP contribution in [-0.2, 0) is 16.2 Å². The van der Waals surface area contributed by atoms with Crippen molar-refractivity contribution in [1.82, 2.24) is 9.29 Å². The number of carbonyl (C=O) groups excluding carboxylic acids is 1. The number of aliphatic hydroxyl groups excluding tert-OH is 1. The van der Waals surface area contributed by atoms with Crippen LogP contribution in [0.25, 0.3) is 5.76 Å². The summed E-state index contributed by atoms with van der Waals surface area (Å²) in [5.41, 5.74) is 0.341. The molecule has 1 aromatic carbocycles. The van der Waals surface area contributed by atoms with Gasteiger partial charge in [-0.1, -0.05) is 18.2 Å². The number of nitrogens with zero attached hydrogens (tertiary/aromatic N) is 2. The molecule has 7 heteroatoms. The van der Waals surface area contributed by atoms with Gasteiger partial charge in [0.15, 0.2) is 16.4 Å². The Hall–Kier alpha value is -2.51. The van der Waals surface area contributed by atoms with Gasteiger partial charge in [-0.25, -0.2) is 4.98 Å². The number of rotatable bonds is 2. The van der Waals surface area contributed by atoms with E-state index in [2.05, 4.69) is 10.3 Å². The Morgan fingerprint density at radius 2 is 2.00 bits per heavy atom. The fourth-order valence-corrected chi connectivity index (χ4v) is 3.36. The van der Waals surface area contributed by atoms with E-state index in [-0.39, 0.29) is 11.5 Å². The summed E-state index contributed by atoms with van der Waals surface area (Å²) < 4.78 is 13.7. The van der Waals surface area contributed by atoms with E-state index in [1.165, 1.54) is 11.4 Å². The molecule has 1 aliphatic heterocycles. The van der Waals surface area contributed by atoms with E-state index < -0.39 is 17.3 Å². The van der Waals surface area contributed by atoms with Crippen molar-refractivity contribution in [2.24, 2.45) is 0 Å². The van der Waals surface area contributed by atoms with Gasteiger partial charge in [0.1, 0.15) is 17.2 Å². The molecule has 2 aromatic rings. The smallest absolute Gasteiger partial charge is 0.281 e. The van der Waals surface area contributed by atoms with Crippen LogP contribution < -0.4 is 5.32 Å². The lowest BCUT2D eigenvalue weighted by Crippen LogP contribution is -2.37. The molecule has 0 radical (unpaired) electrons. The van der Waals surface area contributed by atoms with E-state index in [4.69, 9.17) is 0 Å². The summed E-state index contributed by atoms with van der Waals surface area (Å²) in [5, 5.41) is 13.0. The maximum absolute atomic E-state index is 12.4. The van der Waals surface area contributed by atoms with Crippen LogP contribution in [0.2, 0.25) is 0 Å². The molecule has 0 aliphatic carbocycles. The fourth-order valence-electron chi connectivity index (χ4n) is 2.18. The molecule has 1 aliphatic rings. The lowest BCUT2D eigenvalue weighted by atomic mass is 10.1. The van der Waals surface area contributed by atoms with Gasteiger partial charge in [0.25, 0.3) is 5.91 Å². The first kappa shape index (κ1) is 14.4. The predicted molar refractivity (Wildman–Crippen MR) is 83.0 cm³/mol. The summed E-state index contributed by atoms with van der Waals surface area (Å²) in [7, 11) is 1.50. The molecule has 2 heterocycles. The van der Waals surface area contributed by atoms with Crippen LogP contribution in [0, 0.1) is 0 Å². The molecule has 112 valence electrons. The SMILES string of the molecule is CN1C(C(=O)Nc2ccccn2)=C(O)c2ccccc2[S+]1[O-]. The van der Waals surface area contributed by atoms with Gasteiger partial charge in [-0.3, -0.25) is 4.79 Å². The zero-order valence-electron chi connectivity index (χ0n) is 11.7. The molecule has 22 heavy (non-hydrogen) atoms. The topological polar surface area (TPSA) is 88.5 Å². The number of amides is 1. The summed E-state index contributed by atoms with van der Waals surface area (Å²) in [6.45, 7) is 0. The van der Waals surface area contributed by atoms with Crippen LogP contribution >= 0.6 is 0 Å². The average molecular weight is 315 g/mol. The number of hydrogen-bond acceptors (Lipinski definition) is 5. The Morgan fingerprint density at radius 1 is 1.27 bits per heavy atom. The van der Waals surface area contributed by atoms with Gasteiger partial charge in [0.05, 0.1) is 12.6 Å². The van der Waals surface area contributed by atoms with E-state index in [9.17, 15) is 14.5 Å². The van der Waals surface area contributed by atoms with Crippen molar-refractivity contribution >= 4 is 28.8 Å². The number of benzene rings is 1. The van der Waals surface area contributed by atoms with Crippen LogP contribution in [0.1, 0.15) is 5.56 Å². The Labute approximate surface area is 130 Å². The highest BCUT2D eigenvalue weighted by atomic mass is 32.2. The van der Waals surface area contributed by atoms with Crippen molar-refractivity contribution in [3.8, 4) is 0 Å². The number of pyridine rings is 1. The second kappa shape index (κ2) is 5.70. The number of likely N-dealkylation sites (N-methyl/N-ethyl adjacent to an activating group) is 1. The van der Waals surface area contributed by atoms with Crippen molar-refractivity contribution in [2.45, 2.75) is 4.90 Å². The van der Waals surface area contributed by atoms with E-state index in [1.54, 1.807) is 48.7 Å². The van der Waals surface area contributed by atoms with Gasteiger partial charge in [0, 0.05) is 6.20 Å². The summed E-state index contributed by atoms with van der Waals surface area (Å²) in [6.07, 6.45) is 1.54. The maximum atomic E-state index is 12.4. The number of hydrogen-bond donors (Lipinski definition) is 2. The molecule has 1 atom stereocenters. The third-order valence-corrected chi connectivity index (χ3v) is 4.65. The van der Waals surface area contributed by atoms with Gasteiger partial charge in [0.2, 0.25) is 0 Å². The van der Waals surface area contributed by atoms with E-state index in [0.717, 1.165) is 0 Å². The van der Waals surface area contributed by atoms with Gasteiger partial charge in [-0.2, -0.15) is 4.31 Å². The minimum Gasteiger partial charge on any atom is -0.588 e. The second-order valence-electron chi connectivity index (χ2n) is 4.61. The molecule has 2 N–H and O–H groups in total. The molecule has 0 saturated heterocycles. The summed E-state index contributed by atoms with van der Waals surface area (Å²) in [6, 6.07) is 11.8. The molecule has 0 fully saturated rings. The summed E-state index contributed by atoms with van der Waals surface area (Å²) >= 11 is -1.56. The molecule has 3 rings (SSSR count). The van der Waals surface area contributed by atoms with Crippen LogP contribution in [-0.4, -0.2) is 31.9 Å². The molecule has 0 bridgehead atoms. The number of carbonyl (C=O) groups is 1. The van der Waals surface area contributed by atoms with Gasteiger partial charge in [-0.05, 0) is 24.3 Å². The summed E-state index contributed by atoms with van der Waals surface area (Å²) in [4.78, 5) is 16.9. The standard InChI is InChI=1S/C15H13N3O3S/c1-18-13(15(20)17-12-8-4-5-9-16-12)14(19)10-6-2-3-7-11(10)22(18)21/h2-9,19H,1H3,(H,16,17,20). The lowest BCUT2D eigenvalue weighted by molar-refractivity contribution is -0.113. The third kappa shape index (κ3) is 2.40. The number of anilines is 1. The number of fused-ring (bicyclic) bond motifs is 1. The predicted octanol–water partition coefficient (Wildman–Crippen LogP) is 1.91. The van der Waals surface area contributed by atoms with Crippen molar-refractivity contribution < 1.29 is 14.5 Å². The Kier molecular flexibility index (Phi) is 3.74. The highest BCUT2D eigenvalue weighted by Gasteiger charge is 2.37. The lowest BCUT2D eigenvalue weighted by Gasteiger charge is -2.29. The summed E-state index contributed by atoms with van der Waals surface area (Å²) in [5.74, 6) is -0.418. The van der Waals surface area contributed by atoms with E-state index >= 15 is 0 Å². The molecule has 0 spiro atoms. The molecule has 1 unspecified atom stereocenters. The normalized spacial score (nSPS) is 17.2. The van der Waals surface area contributed by atoms with Gasteiger partial charge in [-0.15, -0.1) is 0 Å². The van der Waals surface area contributed by atoms with Crippen LogP contribution in [0.3, 0.4) is 0 Å². The number of nitrogens with one attached hydrogen (secondary N) is 1. The van der Waals surface area contributed by atoms with Crippen LogP contribution in [0.4, 0.5) is 5.82 Å². The highest BCUT2D eigenvalue weighted by Crippen LogP contribution is 2.34. The van der Waals surface area contributed by atoms with Gasteiger partial charge >= 0.3 is 0 Å². The highest BCUT2D eigenvalue weighted by molar-refractivity contribution is 7.89. The van der Waals surface area contributed by atoms with Crippen molar-refractivity contribution in [3.63, 3.8) is 0 Å². The van der Waals surface area contributed by atoms with E-state index in [0.29, 0.717) is 16.3 Å². The first-order chi connectivity index (χ1) is 10.6. The van der Waals surface area contributed by atoms with Crippen molar-refractivity contribution in [3.05, 3.63) is 59.9 Å². The second-order valence-corrected chi connectivity index (χ2v) is 6.09. The van der Waals surface area contributed by atoms with Crippen molar-refractivity contribution in [2.75, 3.05) is 12.4 Å². The minimum absolute atomic E-state index is 0.0531. The third-order valence-electron chi connectivity index (χ3n) is 3.24. The van der Waals surface area contributed by atoms with Gasteiger partial charge < -0.3 is 15.0 Å².